The summed E-state index contributed by atoms with van der Waals surface area (Å²) in [5.74, 6) is -1.73. The number of hydrogen-bond donors (Lipinski definition) is 1. The molecule has 0 saturated heterocycles. The molecule has 1 heterocycles. The maximum atomic E-state index is 14.8. The third-order valence-corrected chi connectivity index (χ3v) is 5.88. The zero-order valence-corrected chi connectivity index (χ0v) is 17.1. The number of ether oxygens (including phenoxy) is 1. The highest BCUT2D eigenvalue weighted by Gasteiger charge is 2.22. The van der Waals surface area contributed by atoms with Gasteiger partial charge in [-0.15, -0.1) is 0 Å². The van der Waals surface area contributed by atoms with E-state index in [0.717, 1.165) is 16.9 Å². The third kappa shape index (κ3) is 3.78. The number of hydrogen-bond acceptors (Lipinski definition) is 5. The molecule has 0 bridgehead atoms. The highest BCUT2D eigenvalue weighted by molar-refractivity contribution is 7.90. The first-order chi connectivity index (χ1) is 14.1. The molecule has 30 heavy (non-hydrogen) atoms. The van der Waals surface area contributed by atoms with Crippen molar-refractivity contribution in [3.05, 3.63) is 80.1 Å². The number of aromatic amines is 1. The smallest absolute Gasteiger partial charge is 0.328 e. The van der Waals surface area contributed by atoms with Crippen LogP contribution in [0.3, 0.4) is 0 Å². The van der Waals surface area contributed by atoms with Gasteiger partial charge in [-0.2, -0.15) is 0 Å². The maximum Gasteiger partial charge on any atom is 0.328 e. The average molecular weight is 436 g/mol. The highest BCUT2D eigenvalue weighted by atomic mass is 32.2. The molecule has 0 saturated carbocycles. The maximum absolute atomic E-state index is 14.8. The number of H-pyrrole nitrogens is 1. The second-order valence-electron chi connectivity index (χ2n) is 6.62. The van der Waals surface area contributed by atoms with E-state index in [1.807, 2.05) is 0 Å². The number of sulfone groups is 1. The second kappa shape index (κ2) is 7.86. The minimum Gasteiger partial charge on any atom is -0.494 e. The van der Waals surface area contributed by atoms with Crippen LogP contribution in [0, 0.1) is 18.6 Å². The Morgan fingerprint density at radius 3 is 2.40 bits per heavy atom. The van der Waals surface area contributed by atoms with E-state index < -0.39 is 39.3 Å². The van der Waals surface area contributed by atoms with Gasteiger partial charge in [-0.05, 0) is 25.1 Å². The van der Waals surface area contributed by atoms with Crippen molar-refractivity contribution in [3.63, 3.8) is 0 Å². The van der Waals surface area contributed by atoms with Crippen molar-refractivity contribution in [2.75, 3.05) is 13.4 Å². The van der Waals surface area contributed by atoms with Crippen molar-refractivity contribution < 1.29 is 21.9 Å². The summed E-state index contributed by atoms with van der Waals surface area (Å²) in [5.41, 5.74) is -2.18. The van der Waals surface area contributed by atoms with Gasteiger partial charge < -0.3 is 4.74 Å². The van der Waals surface area contributed by atoms with Crippen LogP contribution < -0.4 is 16.0 Å². The van der Waals surface area contributed by atoms with Crippen LogP contribution in [0.1, 0.15) is 11.3 Å². The summed E-state index contributed by atoms with van der Waals surface area (Å²) in [7, 11) is -2.52. The quantitative estimate of drug-likeness (QED) is 0.662. The molecular formula is C20H18F2N2O5S. The van der Waals surface area contributed by atoms with Crippen LogP contribution in [0.15, 0.2) is 50.9 Å². The number of methoxy groups -OCH3 is 1. The Balaban J connectivity index is 2.28. The van der Waals surface area contributed by atoms with E-state index in [9.17, 15) is 26.8 Å². The monoisotopic (exact) mass is 436 g/mol. The van der Waals surface area contributed by atoms with Gasteiger partial charge in [0.1, 0.15) is 5.82 Å². The lowest BCUT2D eigenvalue weighted by Crippen LogP contribution is -2.34. The predicted molar refractivity (Wildman–Crippen MR) is 107 cm³/mol. The summed E-state index contributed by atoms with van der Waals surface area (Å²) in [6.45, 7) is 0.918. The summed E-state index contributed by atoms with van der Waals surface area (Å²) in [4.78, 5) is 26.7. The van der Waals surface area contributed by atoms with Gasteiger partial charge in [0, 0.05) is 23.1 Å². The van der Waals surface area contributed by atoms with E-state index in [2.05, 4.69) is 4.98 Å². The summed E-state index contributed by atoms with van der Waals surface area (Å²) < 4.78 is 59.2. The topological polar surface area (TPSA) is 98.2 Å². The molecule has 1 aromatic heterocycles. The lowest BCUT2D eigenvalue weighted by molar-refractivity contribution is 0.387. The van der Waals surface area contributed by atoms with E-state index in [1.165, 1.54) is 44.4 Å². The SMILES string of the molecule is COc1cccc(-c2c(C)n(Cc3c(F)cccc3S(C)(=O)=O)c(=O)[nH]c2=O)c1F. The van der Waals surface area contributed by atoms with Crippen molar-refractivity contribution in [2.45, 2.75) is 18.4 Å². The molecule has 0 atom stereocenters. The molecule has 3 rings (SSSR count). The number of aromatic nitrogens is 2. The van der Waals surface area contributed by atoms with Crippen molar-refractivity contribution >= 4 is 9.84 Å². The summed E-state index contributed by atoms with van der Waals surface area (Å²) in [6, 6.07) is 7.73. The van der Waals surface area contributed by atoms with Crippen molar-refractivity contribution in [1.29, 1.82) is 0 Å². The molecule has 0 aliphatic rings. The third-order valence-electron chi connectivity index (χ3n) is 4.70. The average Bonchev–Trinajstić information content (AvgIpc) is 2.66. The molecule has 10 heteroatoms. The van der Waals surface area contributed by atoms with Crippen molar-refractivity contribution in [1.82, 2.24) is 9.55 Å². The normalized spacial score (nSPS) is 11.5. The fourth-order valence-electron chi connectivity index (χ4n) is 3.25. The Morgan fingerprint density at radius 2 is 1.77 bits per heavy atom. The first-order valence-corrected chi connectivity index (χ1v) is 10.6. The molecule has 1 N–H and O–H groups in total. The van der Waals surface area contributed by atoms with E-state index in [-0.39, 0.29) is 33.0 Å². The van der Waals surface area contributed by atoms with Crippen LogP contribution >= 0.6 is 0 Å². The van der Waals surface area contributed by atoms with Gasteiger partial charge in [0.2, 0.25) is 0 Å². The summed E-state index contributed by atoms with van der Waals surface area (Å²) in [5, 5.41) is 0. The minimum atomic E-state index is -3.79. The molecule has 0 fully saturated rings. The first kappa shape index (κ1) is 21.4. The van der Waals surface area contributed by atoms with Crippen LogP contribution in [0.25, 0.3) is 11.1 Å². The van der Waals surface area contributed by atoms with Gasteiger partial charge >= 0.3 is 5.69 Å². The standard InChI is InChI=1S/C20H18F2N2O5S/c1-11-17(12-6-4-8-15(29-2)18(12)22)19(25)23-20(26)24(11)10-13-14(21)7-5-9-16(13)30(3,27)28/h4-9H,10H2,1-3H3,(H,23,25,26). The van der Waals surface area contributed by atoms with Crippen LogP contribution in [0.4, 0.5) is 8.78 Å². The van der Waals surface area contributed by atoms with Crippen LogP contribution in [-0.2, 0) is 16.4 Å². The first-order valence-electron chi connectivity index (χ1n) is 8.70. The molecule has 3 aromatic rings. The fourth-order valence-corrected chi connectivity index (χ4v) is 4.18. The van der Waals surface area contributed by atoms with Crippen LogP contribution in [0.2, 0.25) is 0 Å². The highest BCUT2D eigenvalue weighted by Crippen LogP contribution is 2.29. The van der Waals surface area contributed by atoms with Gasteiger partial charge in [-0.3, -0.25) is 14.3 Å². The van der Waals surface area contributed by atoms with Crippen LogP contribution in [-0.4, -0.2) is 31.3 Å². The zero-order valence-electron chi connectivity index (χ0n) is 16.3. The fraction of sp³-hybridized carbons (Fsp3) is 0.200. The Kier molecular flexibility index (Phi) is 5.62. The molecule has 2 aromatic carbocycles. The second-order valence-corrected chi connectivity index (χ2v) is 8.60. The number of benzene rings is 2. The Labute approximate surface area is 170 Å². The van der Waals surface area contributed by atoms with Gasteiger partial charge in [0.25, 0.3) is 5.56 Å². The van der Waals surface area contributed by atoms with E-state index in [0.29, 0.717) is 0 Å². The number of nitrogens with zero attached hydrogens (tertiary/aromatic N) is 1. The number of halogens is 2. The van der Waals surface area contributed by atoms with Gasteiger partial charge in [-0.1, -0.05) is 18.2 Å². The summed E-state index contributed by atoms with van der Waals surface area (Å²) >= 11 is 0. The lowest BCUT2D eigenvalue weighted by Gasteiger charge is -2.16. The van der Waals surface area contributed by atoms with E-state index >= 15 is 0 Å². The summed E-state index contributed by atoms with van der Waals surface area (Å²) in [6.07, 6.45) is 0.921. The molecule has 0 radical (unpaired) electrons. The molecule has 0 aliphatic carbocycles. The van der Waals surface area contributed by atoms with Crippen LogP contribution in [0.5, 0.6) is 5.75 Å². The van der Waals surface area contributed by atoms with E-state index in [1.54, 1.807) is 0 Å². The van der Waals surface area contributed by atoms with Gasteiger partial charge in [0.05, 0.1) is 24.1 Å². The van der Waals surface area contributed by atoms with Gasteiger partial charge in [0.15, 0.2) is 21.4 Å². The predicted octanol–water partition coefficient (Wildman–Crippen LogP) is 2.25. The molecule has 7 nitrogen and oxygen atoms in total. The molecule has 0 aliphatic heterocycles. The molecule has 0 unspecified atom stereocenters. The molecule has 0 spiro atoms. The van der Waals surface area contributed by atoms with Crippen molar-refractivity contribution in [3.8, 4) is 16.9 Å². The van der Waals surface area contributed by atoms with Crippen molar-refractivity contribution in [2.24, 2.45) is 0 Å². The Hall–Kier alpha value is -3.27. The number of rotatable bonds is 5. The molecular weight excluding hydrogens is 418 g/mol. The Bertz CT molecular complexity index is 1360. The van der Waals surface area contributed by atoms with E-state index in [4.69, 9.17) is 4.74 Å². The lowest BCUT2D eigenvalue weighted by atomic mass is 10.0. The molecule has 0 amide bonds. The Morgan fingerprint density at radius 1 is 1.10 bits per heavy atom. The largest absolute Gasteiger partial charge is 0.494 e. The number of nitrogens with one attached hydrogen (secondary N) is 1. The molecule has 158 valence electrons. The minimum absolute atomic E-state index is 0.0404. The van der Waals surface area contributed by atoms with Gasteiger partial charge in [-0.25, -0.2) is 22.0 Å². The zero-order chi connectivity index (χ0) is 22.2.